The van der Waals surface area contributed by atoms with Crippen LogP contribution in [0.25, 0.3) is 0 Å². The zero-order valence-corrected chi connectivity index (χ0v) is 16.5. The number of halogens is 3. The first kappa shape index (κ1) is 21.7. The van der Waals surface area contributed by atoms with Crippen molar-refractivity contribution in [2.75, 3.05) is 39.3 Å². The maximum absolute atomic E-state index is 12.9. The number of amides is 2. The highest BCUT2D eigenvalue weighted by molar-refractivity contribution is 5.79. The van der Waals surface area contributed by atoms with Gasteiger partial charge in [-0.2, -0.15) is 13.2 Å². The SMILES string of the molecule is O=C(CN1CCC(C(=O)N2CCCCC2)CC1)N(Cc1ccco1)CC(F)(F)F. The Balaban J connectivity index is 1.50. The number of likely N-dealkylation sites (tertiary alicyclic amines) is 2. The molecule has 0 saturated carbocycles. The number of carbonyl (C=O) groups is 2. The fourth-order valence-electron chi connectivity index (χ4n) is 4.04. The van der Waals surface area contributed by atoms with Crippen molar-refractivity contribution < 1.29 is 27.2 Å². The van der Waals surface area contributed by atoms with Gasteiger partial charge in [0.25, 0.3) is 0 Å². The number of nitrogens with zero attached hydrogens (tertiary/aromatic N) is 3. The Kier molecular flexibility index (Phi) is 7.21. The molecule has 2 fully saturated rings. The van der Waals surface area contributed by atoms with E-state index in [1.807, 2.05) is 9.80 Å². The highest BCUT2D eigenvalue weighted by Gasteiger charge is 2.35. The van der Waals surface area contributed by atoms with Crippen LogP contribution in [0.3, 0.4) is 0 Å². The highest BCUT2D eigenvalue weighted by atomic mass is 19.4. The van der Waals surface area contributed by atoms with Crippen LogP contribution in [0.4, 0.5) is 13.2 Å². The fourth-order valence-corrected chi connectivity index (χ4v) is 4.04. The topological polar surface area (TPSA) is 57.0 Å². The van der Waals surface area contributed by atoms with Crippen LogP contribution in [0, 0.1) is 5.92 Å². The van der Waals surface area contributed by atoms with Gasteiger partial charge in [-0.3, -0.25) is 14.5 Å². The van der Waals surface area contributed by atoms with Gasteiger partial charge in [0.2, 0.25) is 11.8 Å². The van der Waals surface area contributed by atoms with E-state index >= 15 is 0 Å². The minimum atomic E-state index is -4.48. The molecule has 9 heteroatoms. The van der Waals surface area contributed by atoms with E-state index in [1.165, 1.54) is 6.26 Å². The smallest absolute Gasteiger partial charge is 0.406 e. The number of rotatable bonds is 6. The van der Waals surface area contributed by atoms with Crippen molar-refractivity contribution in [2.24, 2.45) is 5.92 Å². The second kappa shape index (κ2) is 9.65. The standard InChI is InChI=1S/C20H28F3N3O3/c21-20(22,23)15-26(13-17-5-4-12-29-17)18(27)14-24-10-6-16(7-11-24)19(28)25-8-2-1-3-9-25/h4-5,12,16H,1-3,6-11,13-15H2. The molecule has 1 aromatic heterocycles. The molecule has 0 spiro atoms. The Hall–Kier alpha value is -2.03. The molecule has 0 N–H and O–H groups in total. The predicted molar refractivity (Wildman–Crippen MR) is 99.8 cm³/mol. The minimum Gasteiger partial charge on any atom is -0.467 e. The second-order valence-corrected chi connectivity index (χ2v) is 7.88. The van der Waals surface area contributed by atoms with Gasteiger partial charge < -0.3 is 14.2 Å². The van der Waals surface area contributed by atoms with Crippen molar-refractivity contribution in [3.63, 3.8) is 0 Å². The molecule has 0 atom stereocenters. The molecule has 29 heavy (non-hydrogen) atoms. The van der Waals surface area contributed by atoms with E-state index in [4.69, 9.17) is 4.42 Å². The highest BCUT2D eigenvalue weighted by Crippen LogP contribution is 2.23. The molecule has 0 unspecified atom stereocenters. The van der Waals surface area contributed by atoms with E-state index in [0.29, 0.717) is 31.7 Å². The third-order valence-corrected chi connectivity index (χ3v) is 5.61. The van der Waals surface area contributed by atoms with E-state index < -0.39 is 18.6 Å². The van der Waals surface area contributed by atoms with Crippen molar-refractivity contribution in [3.8, 4) is 0 Å². The Morgan fingerprint density at radius 1 is 1.10 bits per heavy atom. The zero-order chi connectivity index (χ0) is 20.9. The number of furan rings is 1. The second-order valence-electron chi connectivity index (χ2n) is 7.88. The van der Waals surface area contributed by atoms with Crippen LogP contribution < -0.4 is 0 Å². The van der Waals surface area contributed by atoms with E-state index in [9.17, 15) is 22.8 Å². The lowest BCUT2D eigenvalue weighted by Crippen LogP contribution is -2.48. The van der Waals surface area contributed by atoms with Gasteiger partial charge >= 0.3 is 6.18 Å². The van der Waals surface area contributed by atoms with E-state index in [2.05, 4.69) is 0 Å². The third-order valence-electron chi connectivity index (χ3n) is 5.61. The van der Waals surface area contributed by atoms with Gasteiger partial charge in [0.15, 0.2) is 0 Å². The summed E-state index contributed by atoms with van der Waals surface area (Å²) in [6.07, 6.45) is 1.43. The summed E-state index contributed by atoms with van der Waals surface area (Å²) in [6.45, 7) is 1.10. The van der Waals surface area contributed by atoms with Crippen molar-refractivity contribution in [3.05, 3.63) is 24.2 Å². The predicted octanol–water partition coefficient (Wildman–Crippen LogP) is 2.90. The Labute approximate surface area is 168 Å². The van der Waals surface area contributed by atoms with Gasteiger partial charge in [-0.15, -0.1) is 0 Å². The molecule has 3 heterocycles. The zero-order valence-electron chi connectivity index (χ0n) is 16.5. The van der Waals surface area contributed by atoms with E-state index in [1.54, 1.807) is 12.1 Å². The van der Waals surface area contributed by atoms with Gasteiger partial charge in [-0.05, 0) is 57.3 Å². The summed E-state index contributed by atoms with van der Waals surface area (Å²) in [7, 11) is 0. The molecule has 6 nitrogen and oxygen atoms in total. The monoisotopic (exact) mass is 415 g/mol. The third kappa shape index (κ3) is 6.48. The van der Waals surface area contributed by atoms with Gasteiger partial charge in [-0.25, -0.2) is 0 Å². The summed E-state index contributed by atoms with van der Waals surface area (Å²) in [6, 6.07) is 3.13. The van der Waals surface area contributed by atoms with Gasteiger partial charge in [0.05, 0.1) is 19.4 Å². The Morgan fingerprint density at radius 2 is 1.79 bits per heavy atom. The van der Waals surface area contributed by atoms with Crippen molar-refractivity contribution in [2.45, 2.75) is 44.8 Å². The summed E-state index contributed by atoms with van der Waals surface area (Å²) in [5.41, 5.74) is 0. The van der Waals surface area contributed by atoms with Crippen molar-refractivity contribution in [1.29, 1.82) is 0 Å². The number of hydrogen-bond acceptors (Lipinski definition) is 4. The van der Waals surface area contributed by atoms with Crippen molar-refractivity contribution in [1.82, 2.24) is 14.7 Å². The molecule has 3 rings (SSSR count). The van der Waals surface area contributed by atoms with Crippen LogP contribution in [0.5, 0.6) is 0 Å². The number of carbonyl (C=O) groups excluding carboxylic acids is 2. The van der Waals surface area contributed by atoms with Gasteiger partial charge in [0, 0.05) is 19.0 Å². The van der Waals surface area contributed by atoms with E-state index in [-0.39, 0.29) is 24.9 Å². The van der Waals surface area contributed by atoms with Crippen LogP contribution in [0.1, 0.15) is 37.9 Å². The normalized spacial score (nSPS) is 19.3. The van der Waals surface area contributed by atoms with Crippen LogP contribution in [-0.4, -0.2) is 72.0 Å². The van der Waals surface area contributed by atoms with Crippen LogP contribution >= 0.6 is 0 Å². The van der Waals surface area contributed by atoms with Crippen LogP contribution in [0.2, 0.25) is 0 Å². The number of hydrogen-bond donors (Lipinski definition) is 0. The average molecular weight is 415 g/mol. The van der Waals surface area contributed by atoms with Crippen LogP contribution in [-0.2, 0) is 16.1 Å². The summed E-state index contributed by atoms with van der Waals surface area (Å²) in [4.78, 5) is 29.7. The first-order valence-electron chi connectivity index (χ1n) is 10.2. The molecule has 1 aromatic rings. The van der Waals surface area contributed by atoms with E-state index in [0.717, 1.165) is 37.3 Å². The lowest BCUT2D eigenvalue weighted by atomic mass is 9.94. The summed E-state index contributed by atoms with van der Waals surface area (Å²) < 4.78 is 43.8. The molecular formula is C20H28F3N3O3. The molecular weight excluding hydrogens is 387 g/mol. The van der Waals surface area contributed by atoms with Crippen molar-refractivity contribution >= 4 is 11.8 Å². The lowest BCUT2D eigenvalue weighted by molar-refractivity contribution is -0.163. The average Bonchev–Trinajstić information content (AvgIpc) is 3.20. The lowest BCUT2D eigenvalue weighted by Gasteiger charge is -2.36. The molecule has 162 valence electrons. The summed E-state index contributed by atoms with van der Waals surface area (Å²) >= 11 is 0. The summed E-state index contributed by atoms with van der Waals surface area (Å²) in [5.74, 6) is -0.131. The molecule has 0 aliphatic carbocycles. The quantitative estimate of drug-likeness (QED) is 0.717. The molecule has 2 aliphatic rings. The largest absolute Gasteiger partial charge is 0.467 e. The molecule has 2 amide bonds. The maximum Gasteiger partial charge on any atom is 0.406 e. The molecule has 0 aromatic carbocycles. The molecule has 2 saturated heterocycles. The fraction of sp³-hybridized carbons (Fsp3) is 0.700. The first-order chi connectivity index (χ1) is 13.8. The van der Waals surface area contributed by atoms with Crippen LogP contribution in [0.15, 0.2) is 22.8 Å². The molecule has 2 aliphatic heterocycles. The number of piperidine rings is 2. The first-order valence-corrected chi connectivity index (χ1v) is 10.2. The Morgan fingerprint density at radius 3 is 2.38 bits per heavy atom. The van der Waals surface area contributed by atoms with Gasteiger partial charge in [-0.1, -0.05) is 0 Å². The Bertz CT molecular complexity index is 664. The van der Waals surface area contributed by atoms with Gasteiger partial charge in [0.1, 0.15) is 12.3 Å². The molecule has 0 bridgehead atoms. The maximum atomic E-state index is 12.9. The number of alkyl halides is 3. The summed E-state index contributed by atoms with van der Waals surface area (Å²) in [5, 5.41) is 0. The minimum absolute atomic E-state index is 0.0474. The molecule has 0 radical (unpaired) electrons.